The molecule has 0 fully saturated rings. The highest BCUT2D eigenvalue weighted by atomic mass is 79.9. The topological polar surface area (TPSA) is 124 Å². The maximum atomic E-state index is 11.8. The Morgan fingerprint density at radius 2 is 1.90 bits per heavy atom. The normalized spacial score (nSPS) is 15.3. The van der Waals surface area contributed by atoms with Gasteiger partial charge in [0.05, 0.1) is 12.1 Å². The molecule has 0 unspecified atom stereocenters. The number of benzene rings is 1. The van der Waals surface area contributed by atoms with E-state index in [0.29, 0.717) is 0 Å². The lowest BCUT2D eigenvalue weighted by Crippen LogP contribution is -2.20. The minimum absolute atomic E-state index is 0.00924. The van der Waals surface area contributed by atoms with Crippen molar-refractivity contribution >= 4 is 65.3 Å². The van der Waals surface area contributed by atoms with Crippen molar-refractivity contribution in [3.8, 4) is 0 Å². The third kappa shape index (κ3) is 3.15. The van der Waals surface area contributed by atoms with E-state index in [0.717, 1.165) is 11.1 Å². The molecule has 1 aromatic carbocycles. The summed E-state index contributed by atoms with van der Waals surface area (Å²) >= 11 is 6.03. The molecule has 0 aromatic heterocycles. The lowest BCUT2D eigenvalue weighted by atomic mass is 10.2. The molecule has 21 heavy (non-hydrogen) atoms. The Morgan fingerprint density at radius 1 is 1.29 bits per heavy atom. The fourth-order valence-electron chi connectivity index (χ4n) is 1.61. The number of carbonyl (C=O) groups excluding carboxylic acids is 1. The number of amides is 1. The Kier molecular flexibility index (Phi) is 4.19. The molecular weight excluding hydrogens is 436 g/mol. The van der Waals surface area contributed by atoms with Crippen LogP contribution in [0, 0.1) is 0 Å². The molecule has 0 atom stereocenters. The van der Waals surface area contributed by atoms with Crippen LogP contribution in [-0.2, 0) is 19.7 Å². The smallest absolute Gasteiger partial charge is 0.352 e. The van der Waals surface area contributed by atoms with E-state index < -0.39 is 26.9 Å². The number of rotatable bonds is 3. The van der Waals surface area contributed by atoms with Gasteiger partial charge in [-0.15, -0.1) is 0 Å². The van der Waals surface area contributed by atoms with Crippen LogP contribution in [0.1, 0.15) is 6.42 Å². The summed E-state index contributed by atoms with van der Waals surface area (Å²) < 4.78 is 31.5. The SMILES string of the molecule is O=C(O)C1=NN(c2cc(Br)c(S(=O)(=O)O)cc2Br)C(=O)C1. The molecule has 11 heteroatoms. The highest BCUT2D eigenvalue weighted by molar-refractivity contribution is 9.11. The van der Waals surface area contributed by atoms with Gasteiger partial charge in [-0.1, -0.05) is 0 Å². The van der Waals surface area contributed by atoms with E-state index in [2.05, 4.69) is 37.0 Å². The largest absolute Gasteiger partial charge is 0.477 e. The third-order valence-electron chi connectivity index (χ3n) is 2.53. The summed E-state index contributed by atoms with van der Waals surface area (Å²) in [5, 5.41) is 13.4. The molecule has 0 saturated heterocycles. The Hall–Kier alpha value is -1.30. The first-order chi connectivity index (χ1) is 9.61. The standard InChI is InChI=1S/C10H6Br2N2O6S/c11-4-2-8(21(18,19)20)5(12)1-7(4)14-9(15)3-6(13-14)10(16)17/h1-2H,3H2,(H,16,17)(H,18,19,20). The monoisotopic (exact) mass is 440 g/mol. The summed E-state index contributed by atoms with van der Waals surface area (Å²) in [6, 6.07) is 2.32. The van der Waals surface area contributed by atoms with Crippen molar-refractivity contribution in [3.63, 3.8) is 0 Å². The average Bonchev–Trinajstić information content (AvgIpc) is 2.72. The van der Waals surface area contributed by atoms with E-state index in [1.165, 1.54) is 6.07 Å². The van der Waals surface area contributed by atoms with Gasteiger partial charge in [-0.2, -0.15) is 18.5 Å². The molecule has 1 aliphatic rings. The van der Waals surface area contributed by atoms with Crippen LogP contribution in [0.25, 0.3) is 0 Å². The van der Waals surface area contributed by atoms with Crippen LogP contribution in [0.4, 0.5) is 5.69 Å². The molecule has 2 N–H and O–H groups in total. The molecule has 1 amide bonds. The summed E-state index contributed by atoms with van der Waals surface area (Å²) in [6.45, 7) is 0. The number of anilines is 1. The van der Waals surface area contributed by atoms with E-state index in [4.69, 9.17) is 9.66 Å². The summed E-state index contributed by atoms with van der Waals surface area (Å²) in [7, 11) is -4.44. The first-order valence-electron chi connectivity index (χ1n) is 5.21. The number of nitrogens with zero attached hydrogens (tertiary/aromatic N) is 2. The van der Waals surface area contributed by atoms with E-state index in [-0.39, 0.29) is 26.8 Å². The molecule has 0 saturated carbocycles. The lowest BCUT2D eigenvalue weighted by Gasteiger charge is -2.15. The summed E-state index contributed by atoms with van der Waals surface area (Å²) in [4.78, 5) is 22.2. The Labute approximate surface area is 135 Å². The second-order valence-electron chi connectivity index (χ2n) is 3.94. The van der Waals surface area contributed by atoms with Crippen molar-refractivity contribution in [2.45, 2.75) is 11.3 Å². The van der Waals surface area contributed by atoms with E-state index in [9.17, 15) is 18.0 Å². The van der Waals surface area contributed by atoms with Gasteiger partial charge >= 0.3 is 5.97 Å². The van der Waals surface area contributed by atoms with E-state index in [1.54, 1.807) is 0 Å². The molecule has 1 aliphatic heterocycles. The zero-order chi connectivity index (χ0) is 15.9. The van der Waals surface area contributed by atoms with Gasteiger partial charge in [0.25, 0.3) is 16.0 Å². The van der Waals surface area contributed by atoms with Gasteiger partial charge in [0.15, 0.2) is 5.71 Å². The van der Waals surface area contributed by atoms with Crippen molar-refractivity contribution in [2.75, 3.05) is 5.01 Å². The van der Waals surface area contributed by atoms with Crippen molar-refractivity contribution in [1.82, 2.24) is 0 Å². The van der Waals surface area contributed by atoms with Gasteiger partial charge in [-0.25, -0.2) is 4.79 Å². The Balaban J connectivity index is 2.54. The maximum Gasteiger partial charge on any atom is 0.352 e. The zero-order valence-corrected chi connectivity index (χ0v) is 13.9. The number of halogens is 2. The van der Waals surface area contributed by atoms with Crippen LogP contribution < -0.4 is 5.01 Å². The fourth-order valence-corrected chi connectivity index (χ4v) is 3.79. The molecule has 2 rings (SSSR count). The predicted octanol–water partition coefficient (Wildman–Crippen LogP) is 1.64. The predicted molar refractivity (Wildman–Crippen MR) is 78.8 cm³/mol. The number of carboxylic acid groups (broad SMARTS) is 1. The highest BCUT2D eigenvalue weighted by Gasteiger charge is 2.31. The summed E-state index contributed by atoms with van der Waals surface area (Å²) in [5.41, 5.74) is -0.169. The van der Waals surface area contributed by atoms with Gasteiger partial charge in [0.1, 0.15) is 4.90 Å². The molecule has 0 aliphatic carbocycles. The summed E-state index contributed by atoms with van der Waals surface area (Å²) in [6.07, 6.45) is -0.362. The molecular formula is C10H6Br2N2O6S. The van der Waals surface area contributed by atoms with E-state index in [1.807, 2.05) is 0 Å². The fraction of sp³-hybridized carbons (Fsp3) is 0.100. The highest BCUT2D eigenvalue weighted by Crippen LogP contribution is 2.36. The second kappa shape index (κ2) is 5.48. The van der Waals surface area contributed by atoms with E-state index >= 15 is 0 Å². The zero-order valence-electron chi connectivity index (χ0n) is 9.95. The van der Waals surface area contributed by atoms with Gasteiger partial charge in [-0.05, 0) is 44.0 Å². The number of hydrogen-bond acceptors (Lipinski definition) is 5. The number of aliphatic carboxylic acids is 1. The molecule has 1 heterocycles. The first kappa shape index (κ1) is 16.1. The maximum absolute atomic E-state index is 11.8. The number of carbonyl (C=O) groups is 2. The lowest BCUT2D eigenvalue weighted by molar-refractivity contribution is -0.129. The van der Waals surface area contributed by atoms with Crippen LogP contribution in [-0.4, -0.2) is 35.7 Å². The number of carboxylic acids is 1. The van der Waals surface area contributed by atoms with Crippen molar-refractivity contribution in [3.05, 3.63) is 21.1 Å². The second-order valence-corrected chi connectivity index (χ2v) is 7.04. The van der Waals surface area contributed by atoms with Crippen molar-refractivity contribution in [1.29, 1.82) is 0 Å². The van der Waals surface area contributed by atoms with Crippen LogP contribution in [0.5, 0.6) is 0 Å². The van der Waals surface area contributed by atoms with Gasteiger partial charge in [-0.3, -0.25) is 9.35 Å². The first-order valence-corrected chi connectivity index (χ1v) is 8.24. The molecule has 0 radical (unpaired) electrons. The Morgan fingerprint density at radius 3 is 2.38 bits per heavy atom. The third-order valence-corrected chi connectivity index (χ3v) is 4.98. The van der Waals surface area contributed by atoms with Gasteiger partial charge in [0.2, 0.25) is 0 Å². The van der Waals surface area contributed by atoms with Crippen LogP contribution in [0.2, 0.25) is 0 Å². The average molecular weight is 442 g/mol. The molecule has 0 bridgehead atoms. The molecule has 8 nitrogen and oxygen atoms in total. The Bertz CT molecular complexity index is 789. The van der Waals surface area contributed by atoms with Crippen molar-refractivity contribution in [2.24, 2.45) is 5.10 Å². The van der Waals surface area contributed by atoms with Crippen molar-refractivity contribution < 1.29 is 27.7 Å². The van der Waals surface area contributed by atoms with Crippen LogP contribution in [0.15, 0.2) is 31.1 Å². The minimum Gasteiger partial charge on any atom is -0.477 e. The van der Waals surface area contributed by atoms with Crippen LogP contribution in [0.3, 0.4) is 0 Å². The quantitative estimate of drug-likeness (QED) is 0.687. The molecule has 112 valence electrons. The minimum atomic E-state index is -4.44. The summed E-state index contributed by atoms with van der Waals surface area (Å²) in [5.74, 6) is -1.88. The van der Waals surface area contributed by atoms with Gasteiger partial charge < -0.3 is 5.11 Å². The molecule has 1 aromatic rings. The number of hydrazone groups is 1. The van der Waals surface area contributed by atoms with Crippen LogP contribution >= 0.6 is 31.9 Å². The van der Waals surface area contributed by atoms with Gasteiger partial charge in [0, 0.05) is 8.95 Å². The molecule has 0 spiro atoms. The number of hydrogen-bond donors (Lipinski definition) is 2.